The minimum atomic E-state index is -3.56. The van der Waals surface area contributed by atoms with Crippen LogP contribution in [0.25, 0.3) is 0 Å². The average Bonchev–Trinajstić information content (AvgIpc) is 3.50. The van der Waals surface area contributed by atoms with Crippen molar-refractivity contribution in [3.63, 3.8) is 0 Å². The van der Waals surface area contributed by atoms with Gasteiger partial charge < -0.3 is 15.0 Å². The van der Waals surface area contributed by atoms with Crippen molar-refractivity contribution in [1.82, 2.24) is 14.9 Å². The van der Waals surface area contributed by atoms with E-state index < -0.39 is 16.1 Å². The number of sulfonamides is 1. The molecule has 1 fully saturated rings. The fraction of sp³-hybridized carbons (Fsp3) is 0.355. The zero-order valence-electron chi connectivity index (χ0n) is 23.1. The van der Waals surface area contributed by atoms with Crippen molar-refractivity contribution in [2.45, 2.75) is 56.2 Å². The number of aryl methyl sites for hydroxylation is 1. The van der Waals surface area contributed by atoms with Crippen LogP contribution >= 0.6 is 11.6 Å². The van der Waals surface area contributed by atoms with Gasteiger partial charge in [-0.3, -0.25) is 9.59 Å². The summed E-state index contributed by atoms with van der Waals surface area (Å²) in [4.78, 5) is 29.3. The molecule has 0 spiro atoms. The van der Waals surface area contributed by atoms with Gasteiger partial charge in [-0.1, -0.05) is 73.1 Å². The lowest BCUT2D eigenvalue weighted by molar-refractivity contribution is -0.141. The molecule has 10 heteroatoms. The van der Waals surface area contributed by atoms with E-state index in [0.29, 0.717) is 36.7 Å². The summed E-state index contributed by atoms with van der Waals surface area (Å²) in [6, 6.07) is 22.1. The number of carbonyl (C=O) groups is 2. The topological polar surface area (TPSA) is 105 Å². The van der Waals surface area contributed by atoms with Crippen LogP contribution in [0.2, 0.25) is 5.02 Å². The van der Waals surface area contributed by atoms with Crippen LogP contribution < -0.4 is 10.0 Å². The van der Waals surface area contributed by atoms with E-state index in [4.69, 9.17) is 16.3 Å². The number of hydrogen-bond acceptors (Lipinski definition) is 5. The van der Waals surface area contributed by atoms with E-state index >= 15 is 0 Å². The fourth-order valence-corrected chi connectivity index (χ4v) is 6.01. The maximum Gasteiger partial charge on any atom is 0.247 e. The largest absolute Gasteiger partial charge is 0.376 e. The van der Waals surface area contributed by atoms with Crippen LogP contribution in [0.3, 0.4) is 0 Å². The van der Waals surface area contributed by atoms with Crippen molar-refractivity contribution in [1.29, 1.82) is 0 Å². The third-order valence-electron chi connectivity index (χ3n) is 6.99. The lowest BCUT2D eigenvalue weighted by Crippen LogP contribution is -2.45. The number of benzene rings is 3. The molecule has 1 aliphatic heterocycles. The first-order valence-corrected chi connectivity index (χ1v) is 15.7. The highest BCUT2D eigenvalue weighted by molar-refractivity contribution is 7.89. The molecule has 8 nitrogen and oxygen atoms in total. The van der Waals surface area contributed by atoms with Crippen LogP contribution in [0, 0.1) is 0 Å². The number of halogens is 1. The van der Waals surface area contributed by atoms with Crippen molar-refractivity contribution in [2.24, 2.45) is 0 Å². The van der Waals surface area contributed by atoms with E-state index in [0.717, 1.165) is 24.0 Å². The number of hydrogen-bond donors (Lipinski definition) is 2. The summed E-state index contributed by atoms with van der Waals surface area (Å²) in [5.41, 5.74) is 2.37. The van der Waals surface area contributed by atoms with Gasteiger partial charge in [-0.2, -0.15) is 0 Å². The van der Waals surface area contributed by atoms with Crippen molar-refractivity contribution in [2.75, 3.05) is 19.7 Å². The minimum Gasteiger partial charge on any atom is -0.376 e. The molecule has 4 rings (SSSR count). The summed E-state index contributed by atoms with van der Waals surface area (Å²) in [7, 11) is -3.56. The molecule has 2 atom stereocenters. The van der Waals surface area contributed by atoms with E-state index in [1.54, 1.807) is 36.1 Å². The van der Waals surface area contributed by atoms with Gasteiger partial charge in [0.1, 0.15) is 6.04 Å². The van der Waals surface area contributed by atoms with E-state index in [9.17, 15) is 18.0 Å². The first-order chi connectivity index (χ1) is 19.8. The summed E-state index contributed by atoms with van der Waals surface area (Å²) in [5.74, 6) is -0.475. The van der Waals surface area contributed by atoms with Gasteiger partial charge in [-0.05, 0) is 60.2 Å². The van der Waals surface area contributed by atoms with Crippen LogP contribution in [0.5, 0.6) is 0 Å². The number of ether oxygens (including phenoxy) is 1. The minimum absolute atomic E-state index is 0.0323. The highest BCUT2D eigenvalue weighted by Crippen LogP contribution is 2.26. The zero-order valence-corrected chi connectivity index (χ0v) is 24.7. The number of rotatable bonds is 13. The van der Waals surface area contributed by atoms with Gasteiger partial charge in [-0.15, -0.1) is 0 Å². The Kier molecular flexibility index (Phi) is 10.9. The molecule has 3 aromatic rings. The molecule has 41 heavy (non-hydrogen) atoms. The van der Waals surface area contributed by atoms with E-state index in [2.05, 4.69) is 10.0 Å². The number of amides is 2. The predicted octanol–water partition coefficient (Wildman–Crippen LogP) is 4.64. The van der Waals surface area contributed by atoms with Gasteiger partial charge >= 0.3 is 0 Å². The van der Waals surface area contributed by atoms with Crippen LogP contribution in [0.1, 0.15) is 48.9 Å². The molecule has 0 radical (unpaired) electrons. The normalized spacial score (nSPS) is 15.8. The highest BCUT2D eigenvalue weighted by atomic mass is 35.5. The van der Waals surface area contributed by atoms with Crippen molar-refractivity contribution in [3.05, 3.63) is 101 Å². The molecule has 0 saturated carbocycles. The maximum absolute atomic E-state index is 13.9. The maximum atomic E-state index is 13.9. The Bertz CT molecular complexity index is 1390. The molecule has 0 bridgehead atoms. The lowest BCUT2D eigenvalue weighted by atomic mass is 10.0. The number of nitrogens with one attached hydrogen (secondary N) is 2. The van der Waals surface area contributed by atoms with Gasteiger partial charge in [0.15, 0.2) is 0 Å². The van der Waals surface area contributed by atoms with Crippen molar-refractivity contribution < 1.29 is 22.7 Å². The predicted molar refractivity (Wildman–Crippen MR) is 159 cm³/mol. The second-order valence-electron chi connectivity index (χ2n) is 9.99. The summed E-state index contributed by atoms with van der Waals surface area (Å²) < 4.78 is 32.7. The molecule has 0 aliphatic carbocycles. The Morgan fingerprint density at radius 1 is 1.00 bits per heavy atom. The Balaban J connectivity index is 1.57. The van der Waals surface area contributed by atoms with Crippen LogP contribution in [0.15, 0.2) is 83.8 Å². The molecule has 1 saturated heterocycles. The standard InChI is InChI=1S/C31H36ClN3O5S/c1-2-34-41(38,39)28-17-12-23(13-18-28)14-19-29(36)35(22-24-10-15-26(32)16-11-24)30(25-7-4-3-5-8-25)31(37)33-21-27-9-6-20-40-27/h3-5,7-8,10-13,15-18,27,30,34H,2,6,9,14,19-22H2,1H3,(H,33,37). The summed E-state index contributed by atoms with van der Waals surface area (Å²) in [6.45, 7) is 3.30. The van der Waals surface area contributed by atoms with E-state index in [-0.39, 0.29) is 35.8 Å². The van der Waals surface area contributed by atoms with Crippen LogP contribution in [-0.2, 0) is 37.3 Å². The van der Waals surface area contributed by atoms with Gasteiger partial charge in [0, 0.05) is 37.7 Å². The van der Waals surface area contributed by atoms with Gasteiger partial charge in [-0.25, -0.2) is 13.1 Å². The monoisotopic (exact) mass is 597 g/mol. The molecular weight excluding hydrogens is 562 g/mol. The molecule has 2 amide bonds. The van der Waals surface area contributed by atoms with E-state index in [1.165, 1.54) is 12.1 Å². The van der Waals surface area contributed by atoms with Crippen LogP contribution in [-0.4, -0.2) is 50.9 Å². The van der Waals surface area contributed by atoms with Crippen LogP contribution in [0.4, 0.5) is 0 Å². The molecule has 3 aromatic carbocycles. The van der Waals surface area contributed by atoms with Crippen molar-refractivity contribution in [3.8, 4) is 0 Å². The molecule has 2 N–H and O–H groups in total. The third-order valence-corrected chi connectivity index (χ3v) is 8.80. The van der Waals surface area contributed by atoms with Gasteiger partial charge in [0.05, 0.1) is 11.0 Å². The lowest BCUT2D eigenvalue weighted by Gasteiger charge is -2.32. The summed E-state index contributed by atoms with van der Waals surface area (Å²) in [6.07, 6.45) is 2.34. The first kappa shape index (κ1) is 30.7. The molecule has 2 unspecified atom stereocenters. The second-order valence-corrected chi connectivity index (χ2v) is 12.2. The summed E-state index contributed by atoms with van der Waals surface area (Å²) in [5, 5.41) is 3.60. The SMILES string of the molecule is CCNS(=O)(=O)c1ccc(CCC(=O)N(Cc2ccc(Cl)cc2)C(C(=O)NCC2CCCO2)c2ccccc2)cc1. The Morgan fingerprint density at radius 3 is 2.32 bits per heavy atom. The third kappa shape index (κ3) is 8.63. The second kappa shape index (κ2) is 14.6. The average molecular weight is 598 g/mol. The molecule has 1 aliphatic rings. The Morgan fingerprint density at radius 2 is 1.68 bits per heavy atom. The first-order valence-electron chi connectivity index (χ1n) is 13.8. The van der Waals surface area contributed by atoms with Crippen molar-refractivity contribution >= 4 is 33.4 Å². The Hall–Kier alpha value is -3.24. The number of carbonyl (C=O) groups excluding carboxylic acids is 2. The summed E-state index contributed by atoms with van der Waals surface area (Å²) >= 11 is 6.10. The molecule has 0 aromatic heterocycles. The molecular formula is C31H36ClN3O5S. The Labute approximate surface area is 247 Å². The van der Waals surface area contributed by atoms with Gasteiger partial charge in [0.25, 0.3) is 0 Å². The highest BCUT2D eigenvalue weighted by Gasteiger charge is 2.32. The fourth-order valence-electron chi connectivity index (χ4n) is 4.84. The van der Waals surface area contributed by atoms with E-state index in [1.807, 2.05) is 42.5 Å². The molecule has 1 heterocycles. The number of nitrogens with zero attached hydrogens (tertiary/aromatic N) is 1. The zero-order chi connectivity index (χ0) is 29.2. The quantitative estimate of drug-likeness (QED) is 0.299. The smallest absolute Gasteiger partial charge is 0.247 e. The van der Waals surface area contributed by atoms with Gasteiger partial charge in [0.2, 0.25) is 21.8 Å². The molecule has 218 valence electrons.